The maximum absolute atomic E-state index is 12.7. The van der Waals surface area contributed by atoms with Crippen molar-refractivity contribution >= 4 is 52.9 Å². The summed E-state index contributed by atoms with van der Waals surface area (Å²) in [4.78, 5) is 107. The molecule has 0 heterocycles. The predicted octanol–water partition coefficient (Wildman–Crippen LogP) is 12.2. The minimum atomic E-state index is -0.756. The number of unbranched alkanes of at least 4 members (excludes halogenated alkanes) is 26. The third-order valence-electron chi connectivity index (χ3n) is 14.8. The number of Topliss-reactive ketones (excluding diaryl/α,β-unsaturated/α-hetero) is 3. The van der Waals surface area contributed by atoms with Crippen molar-refractivity contribution in [3.63, 3.8) is 0 Å². The minimum Gasteiger partial charge on any atom is -0.481 e. The smallest absolute Gasteiger partial charge is 0.303 e. The molecule has 0 atom stereocenters. The number of carbonyl (C=O) groups is 9. The highest BCUT2D eigenvalue weighted by atomic mass is 16.5. The SMILES string of the molecule is CC(=O)CCCCCCCCC(=O)CCCCCCCCC(=O)CCOCC(C)(COCCC(=O)NCCCCCCCC(=O)NCCCCCCCC(=O)O)COCCC(=O)NCCCCCCCC(=O)NCCCCCCCC(=O)O. The summed E-state index contributed by atoms with van der Waals surface area (Å²) in [7, 11) is 0. The van der Waals surface area contributed by atoms with E-state index in [1.807, 2.05) is 6.92 Å². The first-order chi connectivity index (χ1) is 40.1. The third-order valence-corrected chi connectivity index (χ3v) is 14.8. The van der Waals surface area contributed by atoms with E-state index in [-0.39, 0.29) is 101 Å². The van der Waals surface area contributed by atoms with Gasteiger partial charge in [-0.2, -0.15) is 0 Å². The largest absolute Gasteiger partial charge is 0.481 e. The van der Waals surface area contributed by atoms with Gasteiger partial charge in [-0.05, 0) is 84.0 Å². The Morgan fingerprint density at radius 1 is 0.289 bits per heavy atom. The number of aliphatic carboxylic acids is 2. The number of carbonyl (C=O) groups excluding carboxylic acids is 7. The van der Waals surface area contributed by atoms with Gasteiger partial charge < -0.3 is 50.5 Å². The fourth-order valence-corrected chi connectivity index (χ4v) is 9.61. The first-order valence-electron chi connectivity index (χ1n) is 32.9. The van der Waals surface area contributed by atoms with Crippen LogP contribution in [0.1, 0.15) is 290 Å². The molecule has 83 heavy (non-hydrogen) atoms. The van der Waals surface area contributed by atoms with Gasteiger partial charge in [-0.1, -0.05) is 135 Å². The number of ketones is 3. The quantitative estimate of drug-likeness (QED) is 0.0309. The minimum absolute atomic E-state index is 0.0681. The molecule has 6 N–H and O–H groups in total. The summed E-state index contributed by atoms with van der Waals surface area (Å²) >= 11 is 0. The molecule has 0 aliphatic rings. The molecule has 0 bridgehead atoms. The van der Waals surface area contributed by atoms with Crippen LogP contribution >= 0.6 is 0 Å². The molecule has 0 aliphatic carbocycles. The van der Waals surface area contributed by atoms with Crippen molar-refractivity contribution < 1.29 is 67.6 Å². The van der Waals surface area contributed by atoms with E-state index < -0.39 is 17.4 Å². The fourth-order valence-electron chi connectivity index (χ4n) is 9.61. The van der Waals surface area contributed by atoms with Crippen molar-refractivity contribution in [2.45, 2.75) is 290 Å². The summed E-state index contributed by atoms with van der Waals surface area (Å²) in [5.74, 6) is -0.779. The van der Waals surface area contributed by atoms with Gasteiger partial charge in [-0.3, -0.25) is 38.4 Å². The zero-order valence-corrected chi connectivity index (χ0v) is 52.3. The molecule has 0 aromatic rings. The van der Waals surface area contributed by atoms with Crippen LogP contribution < -0.4 is 21.3 Å². The van der Waals surface area contributed by atoms with Crippen molar-refractivity contribution in [1.29, 1.82) is 0 Å². The molecule has 482 valence electrons. The highest BCUT2D eigenvalue weighted by Gasteiger charge is 2.26. The van der Waals surface area contributed by atoms with E-state index in [9.17, 15) is 43.2 Å². The number of amides is 4. The molecule has 0 fully saturated rings. The van der Waals surface area contributed by atoms with Gasteiger partial charge in [0.2, 0.25) is 23.6 Å². The van der Waals surface area contributed by atoms with E-state index in [0.717, 1.165) is 193 Å². The molecule has 18 nitrogen and oxygen atoms in total. The number of nitrogens with one attached hydrogen (secondary N) is 4. The van der Waals surface area contributed by atoms with Crippen LogP contribution in [0, 0.1) is 5.41 Å². The van der Waals surface area contributed by atoms with E-state index in [0.29, 0.717) is 89.7 Å². The van der Waals surface area contributed by atoms with Gasteiger partial charge in [0.1, 0.15) is 17.3 Å². The van der Waals surface area contributed by atoms with Crippen LogP contribution in [-0.2, 0) is 57.4 Å². The molecular formula is C65H118N4O14. The Kier molecular flexibility index (Phi) is 55.1. The van der Waals surface area contributed by atoms with Crippen LogP contribution in [0.5, 0.6) is 0 Å². The van der Waals surface area contributed by atoms with E-state index in [1.165, 1.54) is 0 Å². The molecule has 18 heteroatoms. The van der Waals surface area contributed by atoms with Crippen LogP contribution in [0.25, 0.3) is 0 Å². The summed E-state index contributed by atoms with van der Waals surface area (Å²) < 4.78 is 18.0. The van der Waals surface area contributed by atoms with Crippen molar-refractivity contribution in [3.8, 4) is 0 Å². The Morgan fingerprint density at radius 3 is 0.819 bits per heavy atom. The molecule has 0 saturated heterocycles. The van der Waals surface area contributed by atoms with Crippen LogP contribution in [0.2, 0.25) is 0 Å². The molecule has 0 radical (unpaired) electrons. The third kappa shape index (κ3) is 60.6. The molecule has 0 unspecified atom stereocenters. The monoisotopic (exact) mass is 1180 g/mol. The molecule has 0 rings (SSSR count). The topological polar surface area (TPSA) is 270 Å². The van der Waals surface area contributed by atoms with Crippen molar-refractivity contribution in [1.82, 2.24) is 21.3 Å². The molecule has 0 saturated carbocycles. The Morgan fingerprint density at radius 2 is 0.518 bits per heavy atom. The summed E-state index contributed by atoms with van der Waals surface area (Å²) in [6.45, 7) is 7.58. The first kappa shape index (κ1) is 78.7. The maximum Gasteiger partial charge on any atom is 0.303 e. The fraction of sp³-hybridized carbons (Fsp3) is 0.862. The number of rotatable bonds is 65. The second kappa shape index (κ2) is 58.1. The van der Waals surface area contributed by atoms with E-state index in [2.05, 4.69) is 21.3 Å². The van der Waals surface area contributed by atoms with Crippen molar-refractivity contribution in [2.75, 3.05) is 65.8 Å². The summed E-state index contributed by atoms with van der Waals surface area (Å²) in [5, 5.41) is 29.3. The Hall–Kier alpha value is -4.29. The highest BCUT2D eigenvalue weighted by molar-refractivity contribution is 5.79. The maximum atomic E-state index is 12.7. The molecule has 0 aromatic heterocycles. The lowest BCUT2D eigenvalue weighted by Gasteiger charge is -2.29. The molecular weight excluding hydrogens is 1060 g/mol. The van der Waals surface area contributed by atoms with Gasteiger partial charge in [0.15, 0.2) is 0 Å². The standard InChI is InChI=1S/C65H118N4O14/c1-56(70)35-23-11-3-4-12-24-36-57(71)37-25-13-5-6-14-26-38-58(72)43-50-81-53-65(2,54-82-51-44-61(75)68-48-33-19-7-15-27-39-59(73)66-46-31-21-9-17-29-41-63(77)78)55-83-52-45-62(76)69-49-34-20-8-16-28-40-60(74)67-47-32-22-10-18-30-42-64(79)80/h3-55H2,1-2H3,(H,66,73)(H,67,74)(H,68,75)(H,69,76)(H,77,78)(H,79,80). The highest BCUT2D eigenvalue weighted by Crippen LogP contribution is 2.20. The number of carboxylic acids is 2. The van der Waals surface area contributed by atoms with E-state index in [4.69, 9.17) is 24.4 Å². The normalized spacial score (nSPS) is 11.3. The zero-order chi connectivity index (χ0) is 61.1. The number of ether oxygens (including phenoxy) is 3. The lowest BCUT2D eigenvalue weighted by Crippen LogP contribution is -2.36. The number of hydrogen-bond donors (Lipinski definition) is 6. The number of hydrogen-bond acceptors (Lipinski definition) is 12. The Balaban J connectivity index is 4.50. The number of carboxylic acid groups (broad SMARTS) is 2. The predicted molar refractivity (Wildman–Crippen MR) is 327 cm³/mol. The van der Waals surface area contributed by atoms with Gasteiger partial charge in [-0.15, -0.1) is 0 Å². The van der Waals surface area contributed by atoms with E-state index >= 15 is 0 Å². The van der Waals surface area contributed by atoms with Gasteiger partial charge >= 0.3 is 11.9 Å². The summed E-state index contributed by atoms with van der Waals surface area (Å²) in [5.41, 5.74) is -0.586. The van der Waals surface area contributed by atoms with Crippen molar-refractivity contribution in [2.24, 2.45) is 5.41 Å². The van der Waals surface area contributed by atoms with Gasteiger partial charge in [0, 0.05) is 102 Å². The van der Waals surface area contributed by atoms with Crippen LogP contribution in [0.15, 0.2) is 0 Å². The summed E-state index contributed by atoms with van der Waals surface area (Å²) in [6, 6.07) is 0. The van der Waals surface area contributed by atoms with Crippen LogP contribution in [0.4, 0.5) is 0 Å². The summed E-state index contributed by atoms with van der Waals surface area (Å²) in [6.07, 6.45) is 35.0. The molecule has 0 spiro atoms. The van der Waals surface area contributed by atoms with Crippen LogP contribution in [0.3, 0.4) is 0 Å². The van der Waals surface area contributed by atoms with Gasteiger partial charge in [0.05, 0.1) is 39.6 Å². The van der Waals surface area contributed by atoms with Crippen molar-refractivity contribution in [3.05, 3.63) is 0 Å². The van der Waals surface area contributed by atoms with Crippen LogP contribution in [-0.4, -0.2) is 129 Å². The first-order valence-corrected chi connectivity index (χ1v) is 32.9. The lowest BCUT2D eigenvalue weighted by molar-refractivity contribution is -0.138. The second-order valence-corrected chi connectivity index (χ2v) is 23.5. The Bertz CT molecular complexity index is 1510. The van der Waals surface area contributed by atoms with E-state index in [1.54, 1.807) is 6.92 Å². The lowest BCUT2D eigenvalue weighted by atomic mass is 9.94. The van der Waals surface area contributed by atoms with Gasteiger partial charge in [-0.25, -0.2) is 0 Å². The average molecular weight is 1180 g/mol. The molecule has 4 amide bonds. The zero-order valence-electron chi connectivity index (χ0n) is 52.3. The average Bonchev–Trinajstić information content (AvgIpc) is 3.44. The molecule has 0 aliphatic heterocycles. The van der Waals surface area contributed by atoms with Gasteiger partial charge in [0.25, 0.3) is 0 Å². The molecule has 0 aromatic carbocycles. The Labute approximate surface area is 501 Å². The second-order valence-electron chi connectivity index (χ2n) is 23.5.